The van der Waals surface area contributed by atoms with Gasteiger partial charge in [0.05, 0.1) is 13.2 Å². The van der Waals surface area contributed by atoms with Crippen molar-refractivity contribution in [2.75, 3.05) is 12.0 Å². The molecule has 1 aliphatic carbocycles. The van der Waals surface area contributed by atoms with Crippen molar-refractivity contribution in [3.05, 3.63) is 65.2 Å². The summed E-state index contributed by atoms with van der Waals surface area (Å²) in [5, 5.41) is 10.9. The fourth-order valence-electron chi connectivity index (χ4n) is 5.56. The molecule has 0 aromatic heterocycles. The Morgan fingerprint density at radius 2 is 1.74 bits per heavy atom. The monoisotopic (exact) mass is 552 g/mol. The van der Waals surface area contributed by atoms with Crippen LogP contribution in [0.5, 0.6) is 0 Å². The third-order valence-electron chi connectivity index (χ3n) is 7.60. The zero-order valence-electron chi connectivity index (χ0n) is 23.2. The van der Waals surface area contributed by atoms with Crippen LogP contribution in [-0.2, 0) is 27.2 Å². The lowest BCUT2D eigenvalue weighted by atomic mass is 9.84. The maximum absolute atomic E-state index is 13.5. The van der Waals surface area contributed by atoms with E-state index < -0.39 is 12.1 Å². The van der Waals surface area contributed by atoms with Crippen molar-refractivity contribution in [3.8, 4) is 0 Å². The summed E-state index contributed by atoms with van der Waals surface area (Å²) in [6.45, 7) is 3.91. The van der Waals surface area contributed by atoms with Crippen LogP contribution >= 0.6 is 11.9 Å². The minimum Gasteiger partial charge on any atom is -0.469 e. The molecule has 2 aliphatic rings. The Kier molecular flexibility index (Phi) is 10.1. The van der Waals surface area contributed by atoms with E-state index >= 15 is 0 Å². The molecule has 1 heterocycles. The van der Waals surface area contributed by atoms with Gasteiger partial charge in [0, 0.05) is 23.8 Å². The standard InChI is InChI=1S/C31H40N2O5S/c1-21(2)39-33-30(36)27(19-24-11-7-10-23(18-24)12-17-29(35)38-3)32(31(33)37)26-15-13-25(14-16-26)28(34)20-22-8-5-4-6-9-22/h7,10-11,13-16,18,21-22,27-28,34H,4-6,8-9,12,17,19-20H2,1-3H3. The molecular formula is C31H40N2O5S. The van der Waals surface area contributed by atoms with Crippen LogP contribution in [0.1, 0.15) is 81.6 Å². The van der Waals surface area contributed by atoms with Crippen LogP contribution in [0.25, 0.3) is 0 Å². The summed E-state index contributed by atoms with van der Waals surface area (Å²) in [6, 6.07) is 14.2. The molecule has 2 aromatic rings. The lowest BCUT2D eigenvalue weighted by Crippen LogP contribution is -2.36. The molecule has 0 radical (unpaired) electrons. The van der Waals surface area contributed by atoms with Gasteiger partial charge >= 0.3 is 12.0 Å². The molecule has 210 valence electrons. The molecule has 2 unspecified atom stereocenters. The van der Waals surface area contributed by atoms with Gasteiger partial charge in [-0.2, -0.15) is 0 Å². The van der Waals surface area contributed by atoms with E-state index in [1.54, 1.807) is 4.90 Å². The SMILES string of the molecule is COC(=O)CCc1cccc(CC2C(=O)N(SC(C)C)C(=O)N2c2ccc(C(O)CC3CCCCC3)cc2)c1. The molecule has 2 atom stereocenters. The van der Waals surface area contributed by atoms with Crippen LogP contribution in [0.2, 0.25) is 0 Å². The van der Waals surface area contributed by atoms with Crippen molar-refractivity contribution in [2.24, 2.45) is 5.92 Å². The lowest BCUT2D eigenvalue weighted by molar-refractivity contribution is -0.140. The second-order valence-electron chi connectivity index (χ2n) is 10.9. The highest BCUT2D eigenvalue weighted by molar-refractivity contribution is 7.98. The molecule has 3 amide bonds. The van der Waals surface area contributed by atoms with Crippen LogP contribution in [0.15, 0.2) is 48.5 Å². The normalized spacial score (nSPS) is 19.2. The fourth-order valence-corrected chi connectivity index (χ4v) is 6.39. The molecule has 0 spiro atoms. The third kappa shape index (κ3) is 7.42. The number of methoxy groups -OCH3 is 1. The van der Waals surface area contributed by atoms with Gasteiger partial charge in [-0.3, -0.25) is 14.5 Å². The number of aliphatic hydroxyl groups is 1. The Bertz CT molecular complexity index is 1150. The maximum atomic E-state index is 13.5. The molecule has 39 heavy (non-hydrogen) atoms. The van der Waals surface area contributed by atoms with Gasteiger partial charge in [0.15, 0.2) is 0 Å². The number of carbonyl (C=O) groups is 3. The van der Waals surface area contributed by atoms with Crippen LogP contribution in [0.4, 0.5) is 10.5 Å². The second kappa shape index (κ2) is 13.5. The number of esters is 1. The largest absolute Gasteiger partial charge is 0.469 e. The molecule has 2 fully saturated rings. The first kappa shape index (κ1) is 29.2. The van der Waals surface area contributed by atoms with E-state index in [0.717, 1.165) is 23.1 Å². The highest BCUT2D eigenvalue weighted by Gasteiger charge is 2.46. The fraction of sp³-hybridized carbons (Fsp3) is 0.516. The molecule has 7 nitrogen and oxygen atoms in total. The van der Waals surface area contributed by atoms with E-state index in [0.29, 0.717) is 24.4 Å². The van der Waals surface area contributed by atoms with Crippen molar-refractivity contribution >= 4 is 35.5 Å². The van der Waals surface area contributed by atoms with E-state index in [4.69, 9.17) is 4.74 Å². The number of nitrogens with zero attached hydrogens (tertiary/aromatic N) is 2. The topological polar surface area (TPSA) is 87.2 Å². The van der Waals surface area contributed by atoms with Crippen molar-refractivity contribution in [2.45, 2.75) is 89.0 Å². The Balaban J connectivity index is 1.53. The molecule has 1 saturated heterocycles. The van der Waals surface area contributed by atoms with Crippen LogP contribution in [0.3, 0.4) is 0 Å². The number of aliphatic hydroxyl groups excluding tert-OH is 1. The molecular weight excluding hydrogens is 512 g/mol. The number of hydrogen-bond donors (Lipinski definition) is 1. The zero-order valence-corrected chi connectivity index (χ0v) is 24.0. The third-order valence-corrected chi connectivity index (χ3v) is 8.56. The first-order chi connectivity index (χ1) is 18.8. The molecule has 4 rings (SSSR count). The van der Waals surface area contributed by atoms with E-state index in [-0.39, 0.29) is 29.6 Å². The average Bonchev–Trinajstić information content (AvgIpc) is 3.16. The lowest BCUT2D eigenvalue weighted by Gasteiger charge is -2.25. The van der Waals surface area contributed by atoms with Gasteiger partial charge in [-0.05, 0) is 59.5 Å². The average molecular weight is 553 g/mol. The predicted octanol–water partition coefficient (Wildman–Crippen LogP) is 6.23. The molecule has 1 saturated carbocycles. The summed E-state index contributed by atoms with van der Waals surface area (Å²) in [6.07, 6.45) is 7.52. The number of benzene rings is 2. The quantitative estimate of drug-likeness (QED) is 0.202. The number of anilines is 1. The second-order valence-corrected chi connectivity index (χ2v) is 12.4. The Labute approximate surface area is 236 Å². The Morgan fingerprint density at radius 1 is 1.05 bits per heavy atom. The first-order valence-electron chi connectivity index (χ1n) is 14.0. The number of urea groups is 1. The van der Waals surface area contributed by atoms with Crippen molar-refractivity contribution in [1.29, 1.82) is 0 Å². The van der Waals surface area contributed by atoms with Crippen molar-refractivity contribution in [3.63, 3.8) is 0 Å². The van der Waals surface area contributed by atoms with Crippen LogP contribution < -0.4 is 4.90 Å². The van der Waals surface area contributed by atoms with Gasteiger partial charge < -0.3 is 9.84 Å². The van der Waals surface area contributed by atoms with Crippen molar-refractivity contribution < 1.29 is 24.2 Å². The molecule has 8 heteroatoms. The van der Waals surface area contributed by atoms with Gasteiger partial charge in [-0.1, -0.05) is 82.3 Å². The van der Waals surface area contributed by atoms with Crippen LogP contribution in [0, 0.1) is 5.92 Å². The first-order valence-corrected chi connectivity index (χ1v) is 14.9. The molecule has 2 aromatic carbocycles. The maximum Gasteiger partial charge on any atom is 0.342 e. The van der Waals surface area contributed by atoms with Gasteiger partial charge in [0.2, 0.25) is 0 Å². The number of ether oxygens (including phenoxy) is 1. The minimum absolute atomic E-state index is 0.0671. The number of aryl methyl sites for hydroxylation is 1. The van der Waals surface area contributed by atoms with E-state index in [1.165, 1.54) is 55.5 Å². The molecule has 0 bridgehead atoms. The predicted molar refractivity (Wildman–Crippen MR) is 154 cm³/mol. The number of amides is 3. The summed E-state index contributed by atoms with van der Waals surface area (Å²) in [5.74, 6) is 0.0532. The summed E-state index contributed by atoms with van der Waals surface area (Å²) >= 11 is 1.24. The van der Waals surface area contributed by atoms with Crippen molar-refractivity contribution in [1.82, 2.24) is 4.31 Å². The van der Waals surface area contributed by atoms with Crippen LogP contribution in [-0.4, -0.2) is 45.7 Å². The van der Waals surface area contributed by atoms with Gasteiger partial charge in [-0.15, -0.1) is 0 Å². The van der Waals surface area contributed by atoms with E-state index in [2.05, 4.69) is 0 Å². The molecule has 1 N–H and O–H groups in total. The van der Waals surface area contributed by atoms with E-state index in [1.807, 2.05) is 62.4 Å². The Hall–Kier alpha value is -2.84. The molecule has 1 aliphatic heterocycles. The van der Waals surface area contributed by atoms with Gasteiger partial charge in [0.1, 0.15) is 6.04 Å². The zero-order chi connectivity index (χ0) is 27.9. The summed E-state index contributed by atoms with van der Waals surface area (Å²) in [4.78, 5) is 40.2. The van der Waals surface area contributed by atoms with Gasteiger partial charge in [0.25, 0.3) is 5.91 Å². The van der Waals surface area contributed by atoms with Gasteiger partial charge in [-0.25, -0.2) is 9.10 Å². The summed E-state index contributed by atoms with van der Waals surface area (Å²) in [7, 11) is 1.38. The Morgan fingerprint density at radius 3 is 2.41 bits per heavy atom. The smallest absolute Gasteiger partial charge is 0.342 e. The highest BCUT2D eigenvalue weighted by atomic mass is 32.2. The number of hydrogen-bond acceptors (Lipinski definition) is 6. The minimum atomic E-state index is -0.683. The highest BCUT2D eigenvalue weighted by Crippen LogP contribution is 2.36. The summed E-state index contributed by atoms with van der Waals surface area (Å²) in [5.41, 5.74) is 3.38. The van der Waals surface area contributed by atoms with E-state index in [9.17, 15) is 19.5 Å². The number of imide groups is 1. The number of carbonyl (C=O) groups excluding carboxylic acids is 3. The number of rotatable bonds is 11. The summed E-state index contributed by atoms with van der Waals surface area (Å²) < 4.78 is 6.03.